The van der Waals surface area contributed by atoms with Crippen LogP contribution in [0.2, 0.25) is 0 Å². The number of hydrogen-bond acceptors (Lipinski definition) is 2. The molecular weight excluding hydrogens is 198 g/mol. The highest BCUT2D eigenvalue weighted by atomic mass is 16.5. The highest BCUT2D eigenvalue weighted by molar-refractivity contribution is 4.82. The summed E-state index contributed by atoms with van der Waals surface area (Å²) in [6.45, 7) is 5.44. The topological polar surface area (TPSA) is 21.3 Å². The molecule has 16 heavy (non-hydrogen) atoms. The minimum Gasteiger partial charge on any atom is -0.381 e. The van der Waals surface area contributed by atoms with E-state index in [4.69, 9.17) is 4.74 Å². The van der Waals surface area contributed by atoms with E-state index in [2.05, 4.69) is 12.2 Å². The Morgan fingerprint density at radius 2 is 1.69 bits per heavy atom. The predicted octanol–water partition coefficient (Wildman–Crippen LogP) is 2.97. The lowest BCUT2D eigenvalue weighted by Crippen LogP contribution is -2.33. The molecular formula is C14H27NO. The third-order valence-electron chi connectivity index (χ3n) is 3.96. The van der Waals surface area contributed by atoms with E-state index in [1.165, 1.54) is 51.5 Å². The molecule has 1 unspecified atom stereocenters. The molecule has 2 fully saturated rings. The van der Waals surface area contributed by atoms with Crippen LogP contribution in [0.25, 0.3) is 0 Å². The Labute approximate surface area is 100 Å². The fourth-order valence-corrected chi connectivity index (χ4v) is 2.75. The van der Waals surface area contributed by atoms with Crippen molar-refractivity contribution in [3.8, 4) is 0 Å². The normalized spacial score (nSPS) is 24.6. The van der Waals surface area contributed by atoms with Crippen molar-refractivity contribution < 1.29 is 4.74 Å². The van der Waals surface area contributed by atoms with Crippen LogP contribution >= 0.6 is 0 Å². The van der Waals surface area contributed by atoms with Gasteiger partial charge in [0.15, 0.2) is 0 Å². The molecule has 1 saturated carbocycles. The van der Waals surface area contributed by atoms with Crippen LogP contribution in [0.1, 0.15) is 51.9 Å². The molecule has 1 N–H and O–H groups in total. The number of nitrogens with one attached hydrogen (secondary N) is 1. The molecule has 0 amide bonds. The summed E-state index contributed by atoms with van der Waals surface area (Å²) in [7, 11) is 0. The minimum absolute atomic E-state index is 0.788. The zero-order valence-corrected chi connectivity index (χ0v) is 10.7. The van der Waals surface area contributed by atoms with Crippen LogP contribution in [0.5, 0.6) is 0 Å². The van der Waals surface area contributed by atoms with Gasteiger partial charge in [0.05, 0.1) is 0 Å². The maximum Gasteiger partial charge on any atom is 0.0468 e. The Morgan fingerprint density at radius 3 is 2.25 bits per heavy atom. The van der Waals surface area contributed by atoms with Gasteiger partial charge in [-0.1, -0.05) is 19.8 Å². The lowest BCUT2D eigenvalue weighted by Gasteiger charge is -2.27. The van der Waals surface area contributed by atoms with Gasteiger partial charge in [0, 0.05) is 19.3 Å². The molecule has 1 heterocycles. The number of ether oxygens (including phenoxy) is 1. The fraction of sp³-hybridized carbons (Fsp3) is 1.00. The van der Waals surface area contributed by atoms with Crippen molar-refractivity contribution >= 4 is 0 Å². The minimum atomic E-state index is 0.788. The third-order valence-corrected chi connectivity index (χ3v) is 3.96. The molecule has 2 heteroatoms. The summed E-state index contributed by atoms with van der Waals surface area (Å²) in [5.74, 6) is 1.97. The molecule has 2 nitrogen and oxygen atoms in total. The summed E-state index contributed by atoms with van der Waals surface area (Å²) in [5.41, 5.74) is 0. The third kappa shape index (κ3) is 4.42. The van der Waals surface area contributed by atoms with E-state index in [1.807, 2.05) is 0 Å². The first kappa shape index (κ1) is 12.4. The van der Waals surface area contributed by atoms with Gasteiger partial charge in [0.1, 0.15) is 0 Å². The lowest BCUT2D eigenvalue weighted by atomic mass is 9.90. The first-order valence-electron chi connectivity index (χ1n) is 7.19. The zero-order valence-electron chi connectivity index (χ0n) is 10.7. The average Bonchev–Trinajstić information content (AvgIpc) is 3.11. The van der Waals surface area contributed by atoms with Crippen molar-refractivity contribution in [2.45, 2.75) is 57.9 Å². The average molecular weight is 225 g/mol. The van der Waals surface area contributed by atoms with Gasteiger partial charge in [0.2, 0.25) is 0 Å². The van der Waals surface area contributed by atoms with E-state index < -0.39 is 0 Å². The molecule has 0 aromatic heterocycles. The van der Waals surface area contributed by atoms with E-state index in [9.17, 15) is 0 Å². The molecule has 1 saturated heterocycles. The molecule has 1 atom stereocenters. The molecule has 0 aromatic rings. The van der Waals surface area contributed by atoms with Gasteiger partial charge in [-0.3, -0.25) is 0 Å². The number of hydrogen-bond donors (Lipinski definition) is 1. The summed E-state index contributed by atoms with van der Waals surface area (Å²) in [6.07, 6.45) is 9.62. The Bertz CT molecular complexity index is 185. The molecule has 0 bridgehead atoms. The molecule has 2 rings (SSSR count). The molecule has 1 aliphatic heterocycles. The van der Waals surface area contributed by atoms with Crippen LogP contribution in [0, 0.1) is 11.8 Å². The fourth-order valence-electron chi connectivity index (χ4n) is 2.75. The summed E-state index contributed by atoms with van der Waals surface area (Å²) in [5, 5.41) is 3.75. The molecule has 0 radical (unpaired) electrons. The summed E-state index contributed by atoms with van der Waals surface area (Å²) in [6, 6.07) is 0.788. The maximum absolute atomic E-state index is 5.44. The van der Waals surface area contributed by atoms with Crippen LogP contribution in [0.4, 0.5) is 0 Å². The van der Waals surface area contributed by atoms with Crippen molar-refractivity contribution in [1.29, 1.82) is 0 Å². The highest BCUT2D eigenvalue weighted by Crippen LogP contribution is 2.35. The SMILES string of the molecule is CCCNC(CC1CCOCC1)CC1CC1. The van der Waals surface area contributed by atoms with Crippen molar-refractivity contribution in [2.24, 2.45) is 11.8 Å². The first-order chi connectivity index (χ1) is 7.88. The summed E-state index contributed by atoms with van der Waals surface area (Å²) < 4.78 is 5.44. The second-order valence-corrected chi connectivity index (χ2v) is 5.62. The van der Waals surface area contributed by atoms with Crippen molar-refractivity contribution in [1.82, 2.24) is 5.32 Å². The van der Waals surface area contributed by atoms with Gasteiger partial charge >= 0.3 is 0 Å². The Morgan fingerprint density at radius 1 is 1.06 bits per heavy atom. The first-order valence-corrected chi connectivity index (χ1v) is 7.19. The molecule has 0 spiro atoms. The van der Waals surface area contributed by atoms with Crippen molar-refractivity contribution in [3.05, 3.63) is 0 Å². The molecule has 0 aromatic carbocycles. The number of rotatable bonds is 7. The van der Waals surface area contributed by atoms with E-state index >= 15 is 0 Å². The van der Waals surface area contributed by atoms with E-state index in [0.29, 0.717) is 0 Å². The lowest BCUT2D eigenvalue weighted by molar-refractivity contribution is 0.0600. The van der Waals surface area contributed by atoms with Crippen LogP contribution in [-0.2, 0) is 4.74 Å². The quantitative estimate of drug-likeness (QED) is 0.719. The van der Waals surface area contributed by atoms with Gasteiger partial charge in [0.25, 0.3) is 0 Å². The molecule has 1 aliphatic carbocycles. The smallest absolute Gasteiger partial charge is 0.0468 e. The largest absolute Gasteiger partial charge is 0.381 e. The van der Waals surface area contributed by atoms with Crippen molar-refractivity contribution in [3.63, 3.8) is 0 Å². The van der Waals surface area contributed by atoms with Gasteiger partial charge in [-0.2, -0.15) is 0 Å². The Hall–Kier alpha value is -0.0800. The van der Waals surface area contributed by atoms with Gasteiger partial charge < -0.3 is 10.1 Å². The second-order valence-electron chi connectivity index (χ2n) is 5.62. The van der Waals surface area contributed by atoms with Crippen LogP contribution in [-0.4, -0.2) is 25.8 Å². The van der Waals surface area contributed by atoms with Crippen LogP contribution in [0.15, 0.2) is 0 Å². The monoisotopic (exact) mass is 225 g/mol. The summed E-state index contributed by atoms with van der Waals surface area (Å²) >= 11 is 0. The summed E-state index contributed by atoms with van der Waals surface area (Å²) in [4.78, 5) is 0. The standard InChI is InChI=1S/C14H27NO/c1-2-7-15-14(10-12-3-4-12)11-13-5-8-16-9-6-13/h12-15H,2-11H2,1H3. The van der Waals surface area contributed by atoms with Gasteiger partial charge in [-0.25, -0.2) is 0 Å². The zero-order chi connectivity index (χ0) is 11.2. The Balaban J connectivity index is 1.70. The van der Waals surface area contributed by atoms with E-state index in [0.717, 1.165) is 31.1 Å². The highest BCUT2D eigenvalue weighted by Gasteiger charge is 2.27. The van der Waals surface area contributed by atoms with Gasteiger partial charge in [-0.05, 0) is 50.5 Å². The van der Waals surface area contributed by atoms with Crippen LogP contribution in [0.3, 0.4) is 0 Å². The van der Waals surface area contributed by atoms with Crippen molar-refractivity contribution in [2.75, 3.05) is 19.8 Å². The van der Waals surface area contributed by atoms with Crippen LogP contribution < -0.4 is 5.32 Å². The van der Waals surface area contributed by atoms with E-state index in [1.54, 1.807) is 0 Å². The predicted molar refractivity (Wildman–Crippen MR) is 67.6 cm³/mol. The maximum atomic E-state index is 5.44. The molecule has 94 valence electrons. The second kappa shape index (κ2) is 6.61. The molecule has 2 aliphatic rings. The van der Waals surface area contributed by atoms with E-state index in [-0.39, 0.29) is 0 Å². The Kier molecular flexibility index (Phi) is 5.11. The van der Waals surface area contributed by atoms with Gasteiger partial charge in [-0.15, -0.1) is 0 Å².